The Morgan fingerprint density at radius 1 is 0.983 bits per heavy atom. The highest BCUT2D eigenvalue weighted by molar-refractivity contribution is 8.00. The van der Waals surface area contributed by atoms with E-state index in [0.29, 0.717) is 26.1 Å². The van der Waals surface area contributed by atoms with Crippen LogP contribution in [0.2, 0.25) is 0 Å². The number of nitrogens with one attached hydrogen (secondary N) is 1. The van der Waals surface area contributed by atoms with Crippen molar-refractivity contribution in [3.8, 4) is 11.5 Å². The quantitative estimate of drug-likeness (QED) is 0.0453. The molecular formula is C49H57N3O7S. The number of anilines is 1. The van der Waals surface area contributed by atoms with Gasteiger partial charge in [0.2, 0.25) is 11.7 Å². The van der Waals surface area contributed by atoms with Crippen molar-refractivity contribution in [1.82, 2.24) is 4.98 Å². The van der Waals surface area contributed by atoms with Gasteiger partial charge in [-0.3, -0.25) is 9.78 Å². The number of unbranched alkanes of at least 4 members (excludes halogenated alkanes) is 2. The fraction of sp³-hybridized carbons (Fsp3) is 0.408. The molecule has 1 aliphatic heterocycles. The molecule has 0 saturated heterocycles. The van der Waals surface area contributed by atoms with Gasteiger partial charge in [-0.1, -0.05) is 66.5 Å². The zero-order chi connectivity index (χ0) is 41.9. The van der Waals surface area contributed by atoms with Gasteiger partial charge in [-0.2, -0.15) is 0 Å². The van der Waals surface area contributed by atoms with E-state index >= 15 is 0 Å². The van der Waals surface area contributed by atoms with Crippen molar-refractivity contribution in [2.24, 2.45) is 22.9 Å². The number of carbonyl (C=O) groups excluding carboxylic acids is 1. The van der Waals surface area contributed by atoms with E-state index in [0.717, 1.165) is 88.0 Å². The average molecular weight is 832 g/mol. The number of pyridine rings is 1. The first kappa shape index (κ1) is 43.2. The third kappa shape index (κ3) is 10.1. The number of thioether (sulfide) groups is 1. The van der Waals surface area contributed by atoms with Gasteiger partial charge >= 0.3 is 0 Å². The molecule has 6 unspecified atom stereocenters. The summed E-state index contributed by atoms with van der Waals surface area (Å²) in [5, 5.41) is 27.4. The van der Waals surface area contributed by atoms with Gasteiger partial charge in [-0.25, -0.2) is 0 Å². The van der Waals surface area contributed by atoms with E-state index in [1.165, 1.54) is 6.92 Å². The molecule has 10 nitrogen and oxygen atoms in total. The maximum Gasteiger partial charge on any atom is 0.231 e. The number of benzene rings is 3. The Morgan fingerprint density at radius 3 is 2.50 bits per heavy atom. The van der Waals surface area contributed by atoms with Crippen LogP contribution in [0.3, 0.4) is 0 Å². The number of aliphatic hydroxyl groups is 2. The summed E-state index contributed by atoms with van der Waals surface area (Å²) in [6.07, 6.45) is 9.59. The van der Waals surface area contributed by atoms with E-state index in [1.54, 1.807) is 17.8 Å². The van der Waals surface area contributed by atoms with E-state index in [2.05, 4.69) is 29.0 Å². The lowest BCUT2D eigenvalue weighted by Gasteiger charge is -2.58. The van der Waals surface area contributed by atoms with Gasteiger partial charge in [0.25, 0.3) is 0 Å². The first-order valence-corrected chi connectivity index (χ1v) is 22.0. The number of ether oxygens (including phenoxy) is 3. The molecule has 60 heavy (non-hydrogen) atoms. The number of allylic oxidation sites excluding steroid dienone is 1. The van der Waals surface area contributed by atoms with Crippen molar-refractivity contribution in [3.05, 3.63) is 138 Å². The number of oxime groups is 1. The maximum atomic E-state index is 11.8. The molecule has 7 rings (SSSR count). The minimum atomic E-state index is -1.14. The highest BCUT2D eigenvalue weighted by Gasteiger charge is 2.64. The van der Waals surface area contributed by atoms with Gasteiger partial charge in [0.1, 0.15) is 24.7 Å². The highest BCUT2D eigenvalue weighted by atomic mass is 32.2. The van der Waals surface area contributed by atoms with Crippen LogP contribution < -0.4 is 14.8 Å². The summed E-state index contributed by atoms with van der Waals surface area (Å²) in [5.41, 5.74) is 6.50. The van der Waals surface area contributed by atoms with Crippen LogP contribution in [0.25, 0.3) is 0 Å². The van der Waals surface area contributed by atoms with Gasteiger partial charge in [0.05, 0.1) is 29.2 Å². The van der Waals surface area contributed by atoms with Crippen LogP contribution in [0.1, 0.15) is 80.3 Å². The van der Waals surface area contributed by atoms with Gasteiger partial charge in [-0.05, 0) is 110 Å². The number of carbonyl (C=O) groups is 1. The van der Waals surface area contributed by atoms with Gasteiger partial charge in [0, 0.05) is 54.3 Å². The van der Waals surface area contributed by atoms with E-state index in [9.17, 15) is 15.0 Å². The zero-order valence-corrected chi connectivity index (χ0v) is 35.4. The number of nitrogens with zero attached hydrogens (tertiary/aromatic N) is 2. The zero-order valence-electron chi connectivity index (χ0n) is 34.6. The average Bonchev–Trinajstić information content (AvgIpc) is 3.25. The Labute approximate surface area is 358 Å². The predicted molar refractivity (Wildman–Crippen MR) is 236 cm³/mol. The molecule has 11 heteroatoms. The minimum absolute atomic E-state index is 0.0816. The molecule has 1 fully saturated rings. The molecule has 3 aliphatic rings. The molecule has 1 saturated carbocycles. The molecule has 4 aromatic rings. The van der Waals surface area contributed by atoms with E-state index in [4.69, 9.17) is 24.2 Å². The number of rotatable bonds is 20. The summed E-state index contributed by atoms with van der Waals surface area (Å²) in [5.74, 6) is 0.129. The van der Waals surface area contributed by atoms with Crippen molar-refractivity contribution in [2.75, 3.05) is 25.1 Å². The summed E-state index contributed by atoms with van der Waals surface area (Å²) in [6, 6.07) is 30.0. The van der Waals surface area contributed by atoms with Crippen molar-refractivity contribution < 1.29 is 34.1 Å². The normalized spacial score (nSPS) is 23.4. The number of aromatic nitrogens is 1. The van der Waals surface area contributed by atoms with Crippen LogP contribution in [0.15, 0.2) is 125 Å². The summed E-state index contributed by atoms with van der Waals surface area (Å²) >= 11 is 1.67. The summed E-state index contributed by atoms with van der Waals surface area (Å²) in [7, 11) is 0. The van der Waals surface area contributed by atoms with Crippen LogP contribution in [0.5, 0.6) is 11.5 Å². The molecule has 2 aliphatic carbocycles. The molecule has 316 valence electrons. The smallest absolute Gasteiger partial charge is 0.231 e. The third-order valence-electron chi connectivity index (χ3n) is 11.7. The number of fused-ring (bicyclic) bond motifs is 2. The Morgan fingerprint density at radius 2 is 1.77 bits per heavy atom. The SMILES string of the molecule is C=CCOC12Oc3ccc(OCc4cccc(C)n4)cc3C3C(CCCCO)C(CCCCO)C=C(C(=NOCc4ccccc4)CC1Sc1ccc(NC(C)=O)cc1)C32. The predicted octanol–water partition coefficient (Wildman–Crippen LogP) is 9.55. The highest BCUT2D eigenvalue weighted by Crippen LogP contribution is 2.63. The fourth-order valence-corrected chi connectivity index (χ4v) is 10.4. The molecule has 2 heterocycles. The summed E-state index contributed by atoms with van der Waals surface area (Å²) in [6.45, 7) is 8.72. The molecule has 3 N–H and O–H groups in total. The number of amides is 1. The van der Waals surface area contributed by atoms with Gasteiger partial charge in [-0.15, -0.1) is 18.3 Å². The first-order valence-electron chi connectivity index (χ1n) is 21.2. The number of aryl methyl sites for hydroxylation is 1. The van der Waals surface area contributed by atoms with Crippen LogP contribution in [-0.2, 0) is 27.6 Å². The largest absolute Gasteiger partial charge is 0.487 e. The first-order chi connectivity index (χ1) is 29.3. The van der Waals surface area contributed by atoms with E-state index in [1.807, 2.05) is 91.9 Å². The van der Waals surface area contributed by atoms with Gasteiger partial charge < -0.3 is 34.6 Å². The molecule has 0 spiro atoms. The standard InChI is InChI=1S/C49H57N3O7S/c1-4-27-57-49-46(60-40-22-19-37(20-23-40)51-34(3)55)30-44(52-58-31-35-14-6-5-7-15-35)42-28-36(16-8-10-25-53)41(18-9-11-26-54)47(48(42)49)43-29-39(21-24-45(43)59-49)56-32-38-17-12-13-33(2)50-38/h4-7,12-15,17,19-24,28-29,36,41,46-48,53-54H,1,8-11,16,18,25-27,30-32H2,2-3H3,(H,51,55). The second kappa shape index (κ2) is 20.5. The maximum absolute atomic E-state index is 11.8. The van der Waals surface area contributed by atoms with E-state index in [-0.39, 0.29) is 54.6 Å². The van der Waals surface area contributed by atoms with Crippen LogP contribution in [0.4, 0.5) is 5.69 Å². The lowest BCUT2D eigenvalue weighted by molar-refractivity contribution is -0.223. The molecule has 1 amide bonds. The van der Waals surface area contributed by atoms with Crippen molar-refractivity contribution >= 4 is 29.1 Å². The monoisotopic (exact) mass is 831 g/mol. The number of hydrogen-bond acceptors (Lipinski definition) is 10. The fourth-order valence-electron chi connectivity index (χ4n) is 9.09. The Hall–Kier alpha value is -4.94. The Bertz CT molecular complexity index is 2130. The van der Waals surface area contributed by atoms with Crippen molar-refractivity contribution in [3.63, 3.8) is 0 Å². The second-order valence-corrected chi connectivity index (χ2v) is 17.2. The Balaban J connectivity index is 1.37. The molecule has 0 radical (unpaired) electrons. The molecular weight excluding hydrogens is 775 g/mol. The lowest BCUT2D eigenvalue weighted by Crippen LogP contribution is -2.64. The van der Waals surface area contributed by atoms with Crippen molar-refractivity contribution in [2.45, 2.75) is 93.9 Å². The van der Waals surface area contributed by atoms with Crippen LogP contribution >= 0.6 is 11.8 Å². The molecule has 3 aromatic carbocycles. The number of aliphatic hydroxyl groups excluding tert-OH is 2. The van der Waals surface area contributed by atoms with Crippen LogP contribution in [0, 0.1) is 24.7 Å². The van der Waals surface area contributed by atoms with E-state index < -0.39 is 5.79 Å². The third-order valence-corrected chi connectivity index (χ3v) is 13.0. The summed E-state index contributed by atoms with van der Waals surface area (Å²) < 4.78 is 20.9. The molecule has 0 bridgehead atoms. The topological polar surface area (TPSA) is 132 Å². The molecule has 6 atom stereocenters. The Kier molecular flexibility index (Phi) is 14.8. The lowest BCUT2D eigenvalue weighted by atomic mass is 9.56. The number of hydrogen-bond donors (Lipinski definition) is 3. The molecule has 1 aromatic heterocycles. The van der Waals surface area contributed by atoms with Crippen LogP contribution in [-0.4, -0.2) is 57.7 Å². The van der Waals surface area contributed by atoms with Gasteiger partial charge in [0.15, 0.2) is 0 Å². The minimum Gasteiger partial charge on any atom is -0.487 e. The second-order valence-electron chi connectivity index (χ2n) is 15.9. The summed E-state index contributed by atoms with van der Waals surface area (Å²) in [4.78, 5) is 23.7. The van der Waals surface area contributed by atoms with Crippen molar-refractivity contribution in [1.29, 1.82) is 0 Å².